The first-order valence-corrected chi connectivity index (χ1v) is 7.85. The molecule has 0 aliphatic carbocycles. The molecule has 1 unspecified atom stereocenters. The molecule has 2 N–H and O–H groups in total. The van der Waals surface area contributed by atoms with Crippen molar-refractivity contribution in [1.82, 2.24) is 5.32 Å². The first-order valence-electron chi connectivity index (χ1n) is 7.85. The number of ether oxygens (including phenoxy) is 1. The summed E-state index contributed by atoms with van der Waals surface area (Å²) >= 11 is 0. The van der Waals surface area contributed by atoms with Gasteiger partial charge in [0.25, 0.3) is 0 Å². The van der Waals surface area contributed by atoms with Crippen LogP contribution in [0.25, 0.3) is 0 Å². The summed E-state index contributed by atoms with van der Waals surface area (Å²) in [6, 6.07) is 18.4. The Morgan fingerprint density at radius 1 is 0.958 bits per heavy atom. The number of rotatable bonds is 9. The molecule has 0 spiro atoms. The molecule has 1 atom stereocenters. The second kappa shape index (κ2) is 9.47. The van der Waals surface area contributed by atoms with Crippen molar-refractivity contribution in [1.29, 1.82) is 0 Å². The third-order valence-electron chi connectivity index (χ3n) is 3.55. The van der Waals surface area contributed by atoms with Crippen molar-refractivity contribution in [2.24, 2.45) is 0 Å². The van der Waals surface area contributed by atoms with E-state index in [0.29, 0.717) is 6.54 Å². The Labute approximate surface area is 141 Å². The van der Waals surface area contributed by atoms with Crippen LogP contribution in [0, 0.1) is 0 Å². The molecule has 0 heterocycles. The first-order chi connectivity index (χ1) is 11.6. The largest absolute Gasteiger partial charge is 0.481 e. The average Bonchev–Trinajstić information content (AvgIpc) is 2.61. The Morgan fingerprint density at radius 3 is 2.12 bits per heavy atom. The fourth-order valence-corrected chi connectivity index (χ4v) is 2.24. The van der Waals surface area contributed by atoms with E-state index in [-0.39, 0.29) is 19.4 Å². The molecule has 126 valence electrons. The molecule has 0 aromatic heterocycles. The maximum atomic E-state index is 12.3. The molecule has 0 radical (unpaired) electrons. The summed E-state index contributed by atoms with van der Waals surface area (Å²) in [6.07, 6.45) is 0.0999. The van der Waals surface area contributed by atoms with E-state index in [1.54, 1.807) is 0 Å². The van der Waals surface area contributed by atoms with E-state index in [9.17, 15) is 9.59 Å². The van der Waals surface area contributed by atoms with Crippen LogP contribution < -0.4 is 5.32 Å². The predicted molar refractivity (Wildman–Crippen MR) is 90.2 cm³/mol. The molecule has 2 aromatic carbocycles. The van der Waals surface area contributed by atoms with Gasteiger partial charge < -0.3 is 15.2 Å². The van der Waals surface area contributed by atoms with Gasteiger partial charge in [-0.1, -0.05) is 60.7 Å². The van der Waals surface area contributed by atoms with E-state index in [4.69, 9.17) is 9.84 Å². The lowest BCUT2D eigenvalue weighted by atomic mass is 10.1. The third-order valence-corrected chi connectivity index (χ3v) is 3.55. The van der Waals surface area contributed by atoms with Gasteiger partial charge in [-0.25, -0.2) is 0 Å². The number of carboxylic acid groups (broad SMARTS) is 1. The molecule has 24 heavy (non-hydrogen) atoms. The van der Waals surface area contributed by atoms with Crippen LogP contribution in [0.5, 0.6) is 0 Å². The van der Waals surface area contributed by atoms with Crippen molar-refractivity contribution in [3.8, 4) is 0 Å². The number of carbonyl (C=O) groups is 2. The van der Waals surface area contributed by atoms with Crippen molar-refractivity contribution in [2.75, 3.05) is 0 Å². The smallest absolute Gasteiger partial charge is 0.323 e. The van der Waals surface area contributed by atoms with Crippen molar-refractivity contribution in [2.45, 2.75) is 32.0 Å². The number of aliphatic carboxylic acids is 1. The van der Waals surface area contributed by atoms with Gasteiger partial charge >= 0.3 is 11.9 Å². The van der Waals surface area contributed by atoms with Crippen LogP contribution in [0.2, 0.25) is 0 Å². The van der Waals surface area contributed by atoms with Crippen LogP contribution in [0.4, 0.5) is 0 Å². The lowest BCUT2D eigenvalue weighted by Crippen LogP contribution is -2.38. The number of hydrogen-bond donors (Lipinski definition) is 2. The van der Waals surface area contributed by atoms with Gasteiger partial charge in [0.2, 0.25) is 0 Å². The second-order valence-corrected chi connectivity index (χ2v) is 5.44. The molecule has 5 nitrogen and oxygen atoms in total. The molecule has 0 saturated carbocycles. The van der Waals surface area contributed by atoms with E-state index >= 15 is 0 Å². The first kappa shape index (κ1) is 17.7. The normalized spacial score (nSPS) is 11.7. The number of carboxylic acids is 1. The summed E-state index contributed by atoms with van der Waals surface area (Å²) in [6.45, 7) is 0.655. The Hall–Kier alpha value is -2.66. The Kier molecular flexibility index (Phi) is 6.98. The Morgan fingerprint density at radius 2 is 1.54 bits per heavy atom. The standard InChI is InChI=1S/C19H21NO4/c21-18(22)12-11-17(20-13-15-7-3-1-4-8-15)19(23)24-14-16-9-5-2-6-10-16/h1-10,17,20H,11-14H2,(H,21,22). The number of carbonyl (C=O) groups excluding carboxylic acids is 1. The number of nitrogens with one attached hydrogen (secondary N) is 1. The summed E-state index contributed by atoms with van der Waals surface area (Å²) < 4.78 is 5.32. The fourth-order valence-electron chi connectivity index (χ4n) is 2.24. The zero-order chi connectivity index (χ0) is 17.2. The maximum Gasteiger partial charge on any atom is 0.323 e. The second-order valence-electron chi connectivity index (χ2n) is 5.44. The van der Waals surface area contributed by atoms with Crippen molar-refractivity contribution in [3.05, 3.63) is 71.8 Å². The Balaban J connectivity index is 1.90. The maximum absolute atomic E-state index is 12.3. The summed E-state index contributed by atoms with van der Waals surface area (Å²) in [5, 5.41) is 11.9. The van der Waals surface area contributed by atoms with Crippen LogP contribution in [-0.4, -0.2) is 23.1 Å². The highest BCUT2D eigenvalue weighted by Gasteiger charge is 2.20. The topological polar surface area (TPSA) is 75.6 Å². The summed E-state index contributed by atoms with van der Waals surface area (Å²) in [7, 11) is 0. The average molecular weight is 327 g/mol. The van der Waals surface area contributed by atoms with Gasteiger partial charge in [-0.2, -0.15) is 0 Å². The summed E-state index contributed by atoms with van der Waals surface area (Å²) in [5.41, 5.74) is 1.92. The minimum Gasteiger partial charge on any atom is -0.481 e. The van der Waals surface area contributed by atoms with Gasteiger partial charge in [-0.05, 0) is 17.5 Å². The van der Waals surface area contributed by atoms with Gasteiger partial charge in [0, 0.05) is 13.0 Å². The molecule has 2 rings (SSSR count). The summed E-state index contributed by atoms with van der Waals surface area (Å²) in [4.78, 5) is 23.1. The van der Waals surface area contributed by atoms with Crippen LogP contribution in [0.15, 0.2) is 60.7 Å². The molecule has 5 heteroatoms. The van der Waals surface area contributed by atoms with Gasteiger partial charge in [-0.15, -0.1) is 0 Å². The predicted octanol–water partition coefficient (Wildman–Crippen LogP) is 2.75. The highest BCUT2D eigenvalue weighted by atomic mass is 16.5. The highest BCUT2D eigenvalue weighted by Crippen LogP contribution is 2.07. The van der Waals surface area contributed by atoms with Crippen LogP contribution in [-0.2, 0) is 27.5 Å². The van der Waals surface area contributed by atoms with Gasteiger partial charge in [0.1, 0.15) is 12.6 Å². The quantitative estimate of drug-likeness (QED) is 0.693. The van der Waals surface area contributed by atoms with Gasteiger partial charge in [-0.3, -0.25) is 9.59 Å². The minimum atomic E-state index is -0.933. The third kappa shape index (κ3) is 6.22. The summed E-state index contributed by atoms with van der Waals surface area (Å²) in [5.74, 6) is -1.37. The molecule has 0 fully saturated rings. The molecule has 2 aromatic rings. The molecule has 0 bridgehead atoms. The molecular formula is C19H21NO4. The van der Waals surface area contributed by atoms with E-state index < -0.39 is 18.0 Å². The van der Waals surface area contributed by atoms with Gasteiger partial charge in [0.15, 0.2) is 0 Å². The van der Waals surface area contributed by atoms with Crippen molar-refractivity contribution >= 4 is 11.9 Å². The van der Waals surface area contributed by atoms with Crippen molar-refractivity contribution in [3.63, 3.8) is 0 Å². The number of hydrogen-bond acceptors (Lipinski definition) is 4. The minimum absolute atomic E-state index is 0.0904. The monoisotopic (exact) mass is 327 g/mol. The van der Waals surface area contributed by atoms with E-state index in [2.05, 4.69) is 5.32 Å². The molecule has 0 amide bonds. The van der Waals surface area contributed by atoms with E-state index in [0.717, 1.165) is 11.1 Å². The van der Waals surface area contributed by atoms with E-state index in [1.165, 1.54) is 0 Å². The van der Waals surface area contributed by atoms with E-state index in [1.807, 2.05) is 60.7 Å². The highest BCUT2D eigenvalue weighted by molar-refractivity contribution is 5.77. The molecular weight excluding hydrogens is 306 g/mol. The molecule has 0 aliphatic heterocycles. The molecule has 0 aliphatic rings. The van der Waals surface area contributed by atoms with Crippen LogP contribution >= 0.6 is 0 Å². The lowest BCUT2D eigenvalue weighted by molar-refractivity contribution is -0.148. The number of benzene rings is 2. The fraction of sp³-hybridized carbons (Fsp3) is 0.263. The zero-order valence-corrected chi connectivity index (χ0v) is 13.4. The van der Waals surface area contributed by atoms with Crippen LogP contribution in [0.1, 0.15) is 24.0 Å². The van der Waals surface area contributed by atoms with Crippen LogP contribution in [0.3, 0.4) is 0 Å². The van der Waals surface area contributed by atoms with Gasteiger partial charge in [0.05, 0.1) is 0 Å². The molecule has 0 saturated heterocycles. The Bertz CT molecular complexity index is 643. The zero-order valence-electron chi connectivity index (χ0n) is 13.4. The SMILES string of the molecule is O=C(O)CCC(NCc1ccccc1)C(=O)OCc1ccccc1. The number of esters is 1. The van der Waals surface area contributed by atoms with Crippen molar-refractivity contribution < 1.29 is 19.4 Å². The lowest BCUT2D eigenvalue weighted by Gasteiger charge is -2.17.